The fourth-order valence-corrected chi connectivity index (χ4v) is 0.876. The highest BCUT2D eigenvalue weighted by Gasteiger charge is 1.72. The van der Waals surface area contributed by atoms with Gasteiger partial charge < -0.3 is 0 Å². The largest absolute Gasteiger partial charge is 0.0844 e. The highest BCUT2D eigenvalue weighted by molar-refractivity contribution is 5.13. The first-order chi connectivity index (χ1) is 6.00. The molecule has 1 aliphatic rings. The SMILES string of the molecule is [C]1=CC=CCC=CCC=CC=C1. The van der Waals surface area contributed by atoms with Gasteiger partial charge in [0.25, 0.3) is 0 Å². The summed E-state index contributed by atoms with van der Waals surface area (Å²) in [5.41, 5.74) is 0. The van der Waals surface area contributed by atoms with E-state index in [9.17, 15) is 0 Å². The molecule has 1 aliphatic carbocycles. The molecular weight excluding hydrogens is 144 g/mol. The first-order valence-corrected chi connectivity index (χ1v) is 4.21. The zero-order valence-corrected chi connectivity index (χ0v) is 7.11. The van der Waals surface area contributed by atoms with Crippen LogP contribution >= 0.6 is 0 Å². The van der Waals surface area contributed by atoms with Crippen LogP contribution in [0.5, 0.6) is 0 Å². The Morgan fingerprint density at radius 2 is 1.50 bits per heavy atom. The summed E-state index contributed by atoms with van der Waals surface area (Å²) in [7, 11) is 0. The van der Waals surface area contributed by atoms with E-state index in [-0.39, 0.29) is 0 Å². The molecule has 0 fully saturated rings. The minimum absolute atomic E-state index is 1.01. The van der Waals surface area contributed by atoms with Crippen LogP contribution in [0.1, 0.15) is 12.8 Å². The number of rotatable bonds is 0. The van der Waals surface area contributed by atoms with Crippen LogP contribution in [0.2, 0.25) is 0 Å². The molecule has 0 aromatic rings. The molecule has 0 spiro atoms. The third-order valence-corrected chi connectivity index (χ3v) is 1.48. The third-order valence-electron chi connectivity index (χ3n) is 1.48. The lowest BCUT2D eigenvalue weighted by Crippen LogP contribution is -1.62. The number of allylic oxidation sites excluding steroid dienone is 10. The predicted molar refractivity (Wildman–Crippen MR) is 53.6 cm³/mol. The first-order valence-electron chi connectivity index (χ1n) is 4.21. The molecule has 0 atom stereocenters. The van der Waals surface area contributed by atoms with Crippen molar-refractivity contribution >= 4 is 0 Å². The monoisotopic (exact) mass is 157 g/mol. The van der Waals surface area contributed by atoms with Gasteiger partial charge in [0.15, 0.2) is 0 Å². The van der Waals surface area contributed by atoms with Crippen LogP contribution in [0.3, 0.4) is 0 Å². The van der Waals surface area contributed by atoms with Crippen molar-refractivity contribution in [1.29, 1.82) is 0 Å². The Hall–Kier alpha value is -1.30. The lowest BCUT2D eigenvalue weighted by molar-refractivity contribution is 1.31. The molecule has 0 bridgehead atoms. The molecule has 61 valence electrons. The maximum absolute atomic E-state index is 3.04. The van der Waals surface area contributed by atoms with Crippen LogP contribution < -0.4 is 0 Å². The van der Waals surface area contributed by atoms with Crippen LogP contribution in [0.15, 0.2) is 54.7 Å². The van der Waals surface area contributed by atoms with E-state index in [4.69, 9.17) is 0 Å². The molecule has 1 radical (unpaired) electrons. The van der Waals surface area contributed by atoms with Gasteiger partial charge in [0, 0.05) is 0 Å². The van der Waals surface area contributed by atoms with Crippen LogP contribution in [0.4, 0.5) is 0 Å². The average Bonchev–Trinajstić information content (AvgIpc) is 2.05. The Morgan fingerprint density at radius 1 is 0.750 bits per heavy atom. The lowest BCUT2D eigenvalue weighted by Gasteiger charge is -1.83. The van der Waals surface area contributed by atoms with Crippen molar-refractivity contribution in [2.24, 2.45) is 0 Å². The molecular formula is C12H13. The van der Waals surface area contributed by atoms with E-state index >= 15 is 0 Å². The quantitative estimate of drug-likeness (QED) is 0.473. The highest BCUT2D eigenvalue weighted by Crippen LogP contribution is 1.93. The second kappa shape index (κ2) is 6.41. The number of hydrogen-bond donors (Lipinski definition) is 0. The molecule has 0 N–H and O–H groups in total. The summed E-state index contributed by atoms with van der Waals surface area (Å²) >= 11 is 0. The topological polar surface area (TPSA) is 0 Å². The Morgan fingerprint density at radius 3 is 2.33 bits per heavy atom. The van der Waals surface area contributed by atoms with Crippen LogP contribution in [-0.2, 0) is 0 Å². The van der Waals surface area contributed by atoms with E-state index in [0.29, 0.717) is 0 Å². The van der Waals surface area contributed by atoms with Gasteiger partial charge in [-0.25, -0.2) is 0 Å². The Balaban J connectivity index is 2.55. The Bertz CT molecular complexity index is 211. The van der Waals surface area contributed by atoms with E-state index < -0.39 is 0 Å². The van der Waals surface area contributed by atoms with Crippen molar-refractivity contribution in [3.05, 3.63) is 60.8 Å². The summed E-state index contributed by atoms with van der Waals surface area (Å²) in [6.07, 6.45) is 23.5. The van der Waals surface area contributed by atoms with Crippen molar-refractivity contribution in [2.45, 2.75) is 12.8 Å². The zero-order valence-electron chi connectivity index (χ0n) is 7.11. The summed E-state index contributed by atoms with van der Waals surface area (Å²) in [6.45, 7) is 0. The smallest absolute Gasteiger partial charge is 0.0166 e. The maximum Gasteiger partial charge on any atom is -0.0166 e. The molecule has 0 aromatic carbocycles. The van der Waals surface area contributed by atoms with Gasteiger partial charge in [-0.3, -0.25) is 0 Å². The molecule has 12 heavy (non-hydrogen) atoms. The van der Waals surface area contributed by atoms with Crippen LogP contribution in [0.25, 0.3) is 0 Å². The maximum atomic E-state index is 3.04. The highest BCUT2D eigenvalue weighted by atomic mass is 13.8. The second-order valence-electron chi connectivity index (χ2n) is 2.49. The second-order valence-corrected chi connectivity index (χ2v) is 2.49. The minimum atomic E-state index is 1.01. The van der Waals surface area contributed by atoms with Gasteiger partial charge in [-0.15, -0.1) is 0 Å². The van der Waals surface area contributed by atoms with Crippen molar-refractivity contribution in [1.82, 2.24) is 0 Å². The Labute approximate surface area is 74.3 Å². The van der Waals surface area contributed by atoms with Gasteiger partial charge in [0.2, 0.25) is 0 Å². The van der Waals surface area contributed by atoms with Gasteiger partial charge in [-0.1, -0.05) is 54.7 Å². The van der Waals surface area contributed by atoms with Crippen molar-refractivity contribution in [3.63, 3.8) is 0 Å². The molecule has 0 aliphatic heterocycles. The fourth-order valence-electron chi connectivity index (χ4n) is 0.876. The molecule has 0 aromatic heterocycles. The van der Waals surface area contributed by atoms with Crippen LogP contribution in [-0.4, -0.2) is 0 Å². The van der Waals surface area contributed by atoms with Crippen LogP contribution in [0, 0.1) is 6.08 Å². The molecule has 0 heterocycles. The van der Waals surface area contributed by atoms with E-state index in [1.165, 1.54) is 0 Å². The summed E-state index contributed by atoms with van der Waals surface area (Å²) in [5, 5.41) is 0. The number of hydrogen-bond acceptors (Lipinski definition) is 0. The molecule has 0 heteroatoms. The van der Waals surface area contributed by atoms with Gasteiger partial charge in [0.1, 0.15) is 0 Å². The molecule has 0 saturated heterocycles. The predicted octanol–water partition coefficient (Wildman–Crippen LogP) is 3.36. The molecule has 0 amide bonds. The third kappa shape index (κ3) is 4.51. The van der Waals surface area contributed by atoms with E-state index in [2.05, 4.69) is 30.4 Å². The zero-order chi connectivity index (χ0) is 8.49. The standard InChI is InChI=1S/C12H13/c1-2-4-6-8-10-12-11-9-7-5-3-1/h1-4,7-10,12H,5,11H2. The van der Waals surface area contributed by atoms with E-state index in [1.54, 1.807) is 0 Å². The molecule has 0 unspecified atom stereocenters. The normalized spacial score (nSPS) is 17.3. The molecule has 0 nitrogen and oxygen atoms in total. The van der Waals surface area contributed by atoms with Gasteiger partial charge >= 0.3 is 0 Å². The summed E-state index contributed by atoms with van der Waals surface area (Å²) in [4.78, 5) is 0. The van der Waals surface area contributed by atoms with E-state index in [1.807, 2.05) is 30.4 Å². The summed E-state index contributed by atoms with van der Waals surface area (Å²) in [6, 6.07) is 0. The molecule has 0 saturated carbocycles. The summed E-state index contributed by atoms with van der Waals surface area (Å²) < 4.78 is 0. The van der Waals surface area contributed by atoms with E-state index in [0.717, 1.165) is 12.8 Å². The van der Waals surface area contributed by atoms with Gasteiger partial charge in [0.05, 0.1) is 0 Å². The van der Waals surface area contributed by atoms with Gasteiger partial charge in [-0.2, -0.15) is 0 Å². The van der Waals surface area contributed by atoms with Crippen molar-refractivity contribution in [3.8, 4) is 0 Å². The first kappa shape index (κ1) is 8.79. The fraction of sp³-hybridized carbons (Fsp3) is 0.167. The molecule has 1 rings (SSSR count). The summed E-state index contributed by atoms with van der Waals surface area (Å²) in [5.74, 6) is 0. The minimum Gasteiger partial charge on any atom is -0.0844 e. The van der Waals surface area contributed by atoms with Crippen molar-refractivity contribution in [2.75, 3.05) is 0 Å². The Kier molecular flexibility index (Phi) is 4.70. The average molecular weight is 157 g/mol. The van der Waals surface area contributed by atoms with Gasteiger partial charge in [-0.05, 0) is 18.9 Å². The van der Waals surface area contributed by atoms with Crippen molar-refractivity contribution < 1.29 is 0 Å². The lowest BCUT2D eigenvalue weighted by atomic mass is 10.2.